The van der Waals surface area contributed by atoms with Crippen LogP contribution in [0.3, 0.4) is 0 Å². The van der Waals surface area contributed by atoms with Crippen LogP contribution in [0.4, 0.5) is 5.69 Å². The van der Waals surface area contributed by atoms with Crippen molar-refractivity contribution in [3.8, 4) is 0 Å². The van der Waals surface area contributed by atoms with Gasteiger partial charge in [0.05, 0.1) is 17.6 Å². The van der Waals surface area contributed by atoms with Crippen LogP contribution >= 0.6 is 11.8 Å². The van der Waals surface area contributed by atoms with Crippen molar-refractivity contribution in [2.45, 2.75) is 52.1 Å². The molecule has 2 atom stereocenters. The van der Waals surface area contributed by atoms with Gasteiger partial charge < -0.3 is 10.2 Å². The molecule has 0 saturated carbocycles. The van der Waals surface area contributed by atoms with Crippen molar-refractivity contribution in [3.05, 3.63) is 24.0 Å². The van der Waals surface area contributed by atoms with E-state index in [4.69, 9.17) is 0 Å². The van der Waals surface area contributed by atoms with Crippen molar-refractivity contribution in [3.63, 3.8) is 0 Å². The first-order valence-corrected chi connectivity index (χ1v) is 9.48. The quantitative estimate of drug-likeness (QED) is 0.704. The third-order valence-electron chi connectivity index (χ3n) is 3.96. The largest absolute Gasteiger partial charge is 0.370 e. The Balaban J connectivity index is 2.75. The van der Waals surface area contributed by atoms with Gasteiger partial charge in [0, 0.05) is 24.9 Å². The third-order valence-corrected chi connectivity index (χ3v) is 4.68. The molecule has 4 heteroatoms. The van der Waals surface area contributed by atoms with Crippen LogP contribution in [-0.4, -0.2) is 36.6 Å². The summed E-state index contributed by atoms with van der Waals surface area (Å²) in [5.74, 6) is 1.16. The molecular formula is C17H31N3S. The summed E-state index contributed by atoms with van der Waals surface area (Å²) in [4.78, 5) is 7.04. The second-order valence-corrected chi connectivity index (χ2v) is 6.40. The monoisotopic (exact) mass is 309 g/mol. The summed E-state index contributed by atoms with van der Waals surface area (Å²) in [6.45, 7) is 7.71. The fourth-order valence-electron chi connectivity index (χ4n) is 2.50. The molecule has 1 N–H and O–H groups in total. The number of hydrogen-bond donors (Lipinski definition) is 1. The minimum Gasteiger partial charge on any atom is -0.370 e. The smallest absolute Gasteiger partial charge is 0.0574 e. The second-order valence-electron chi connectivity index (χ2n) is 5.48. The molecule has 0 saturated heterocycles. The van der Waals surface area contributed by atoms with E-state index >= 15 is 0 Å². The topological polar surface area (TPSA) is 28.2 Å². The van der Waals surface area contributed by atoms with Gasteiger partial charge in [0.25, 0.3) is 0 Å². The average Bonchev–Trinajstić information content (AvgIpc) is 2.53. The van der Waals surface area contributed by atoms with Gasteiger partial charge in [-0.1, -0.05) is 20.8 Å². The number of nitrogens with one attached hydrogen (secondary N) is 1. The highest BCUT2D eigenvalue weighted by Crippen LogP contribution is 2.21. The minimum absolute atomic E-state index is 0.373. The molecule has 0 aliphatic rings. The van der Waals surface area contributed by atoms with Crippen LogP contribution in [0.5, 0.6) is 0 Å². The molecule has 1 rings (SSSR count). The van der Waals surface area contributed by atoms with Gasteiger partial charge in [-0.2, -0.15) is 11.8 Å². The summed E-state index contributed by atoms with van der Waals surface area (Å²) in [6.07, 6.45) is 7.59. The number of thioether (sulfide) groups is 1. The number of rotatable bonds is 10. The van der Waals surface area contributed by atoms with Gasteiger partial charge in [0.1, 0.15) is 0 Å². The number of anilines is 1. The molecule has 0 bridgehead atoms. The molecule has 0 spiro atoms. The Labute approximate surface area is 134 Å². The van der Waals surface area contributed by atoms with E-state index < -0.39 is 0 Å². The molecule has 0 amide bonds. The Morgan fingerprint density at radius 1 is 1.24 bits per heavy atom. The van der Waals surface area contributed by atoms with E-state index in [9.17, 15) is 0 Å². The lowest BCUT2D eigenvalue weighted by Gasteiger charge is -2.29. The zero-order valence-corrected chi connectivity index (χ0v) is 15.0. The highest BCUT2D eigenvalue weighted by molar-refractivity contribution is 7.98. The molecule has 0 fully saturated rings. The van der Waals surface area contributed by atoms with Gasteiger partial charge in [-0.25, -0.2) is 0 Å². The number of pyridine rings is 1. The summed E-state index contributed by atoms with van der Waals surface area (Å²) in [6, 6.07) is 5.33. The van der Waals surface area contributed by atoms with E-state index in [-0.39, 0.29) is 0 Å². The van der Waals surface area contributed by atoms with Gasteiger partial charge in [-0.15, -0.1) is 0 Å². The van der Waals surface area contributed by atoms with Crippen molar-refractivity contribution in [1.82, 2.24) is 10.3 Å². The molecule has 0 aliphatic carbocycles. The zero-order chi connectivity index (χ0) is 15.7. The number of nitrogens with zero attached hydrogens (tertiary/aromatic N) is 2. The first-order chi connectivity index (χ1) is 10.2. The molecule has 0 radical (unpaired) electrons. The third kappa shape index (κ3) is 5.51. The molecule has 2 unspecified atom stereocenters. The maximum absolute atomic E-state index is 4.69. The van der Waals surface area contributed by atoms with Crippen LogP contribution in [0.1, 0.15) is 51.8 Å². The lowest BCUT2D eigenvalue weighted by atomic mass is 10.1. The molecule has 0 aromatic carbocycles. The van der Waals surface area contributed by atoms with Crippen LogP contribution in [0.15, 0.2) is 18.3 Å². The molecule has 21 heavy (non-hydrogen) atoms. The Kier molecular flexibility index (Phi) is 8.77. The fourth-order valence-corrected chi connectivity index (χ4v) is 3.34. The van der Waals surface area contributed by atoms with E-state index in [0.717, 1.165) is 37.3 Å². The normalized spacial score (nSPS) is 14.0. The standard InChI is InChI=1S/C17H31N3S/c1-6-11-18-16(8-3)17-10-9-15(12-19-17)20(4)14(7-2)13-21-5/h9-10,12,14,16,18H,6-8,11,13H2,1-5H3. The number of hydrogen-bond acceptors (Lipinski definition) is 4. The molecule has 3 nitrogen and oxygen atoms in total. The molecule has 1 aromatic rings. The van der Waals surface area contributed by atoms with E-state index in [1.165, 1.54) is 5.69 Å². The van der Waals surface area contributed by atoms with Gasteiger partial charge in [0.2, 0.25) is 0 Å². The highest BCUT2D eigenvalue weighted by Gasteiger charge is 2.14. The van der Waals surface area contributed by atoms with Crippen molar-refractivity contribution in [2.75, 3.05) is 30.5 Å². The Morgan fingerprint density at radius 2 is 2.00 bits per heavy atom. The predicted molar refractivity (Wildman–Crippen MR) is 96.4 cm³/mol. The van der Waals surface area contributed by atoms with Crippen molar-refractivity contribution in [1.29, 1.82) is 0 Å². The van der Waals surface area contributed by atoms with Crippen LogP contribution < -0.4 is 10.2 Å². The van der Waals surface area contributed by atoms with Crippen LogP contribution in [0, 0.1) is 0 Å². The minimum atomic E-state index is 0.373. The van der Waals surface area contributed by atoms with Gasteiger partial charge in [-0.3, -0.25) is 4.98 Å². The van der Waals surface area contributed by atoms with E-state index in [1.54, 1.807) is 0 Å². The van der Waals surface area contributed by atoms with Gasteiger partial charge >= 0.3 is 0 Å². The maximum atomic E-state index is 4.69. The van der Waals surface area contributed by atoms with Crippen LogP contribution in [0.2, 0.25) is 0 Å². The van der Waals surface area contributed by atoms with E-state index in [1.807, 2.05) is 18.0 Å². The Bertz CT molecular complexity index is 380. The maximum Gasteiger partial charge on any atom is 0.0574 e. The summed E-state index contributed by atoms with van der Waals surface area (Å²) in [5.41, 5.74) is 2.37. The van der Waals surface area contributed by atoms with Gasteiger partial charge in [-0.05, 0) is 44.2 Å². The highest BCUT2D eigenvalue weighted by atomic mass is 32.2. The average molecular weight is 310 g/mol. The summed E-state index contributed by atoms with van der Waals surface area (Å²) in [5, 5.41) is 3.56. The van der Waals surface area contributed by atoms with Crippen molar-refractivity contribution >= 4 is 17.4 Å². The number of aromatic nitrogens is 1. The van der Waals surface area contributed by atoms with Crippen molar-refractivity contribution < 1.29 is 0 Å². The lowest BCUT2D eigenvalue weighted by Crippen LogP contribution is -2.33. The summed E-state index contributed by atoms with van der Waals surface area (Å²) < 4.78 is 0. The van der Waals surface area contributed by atoms with Gasteiger partial charge in [0.15, 0.2) is 0 Å². The molecule has 0 aliphatic heterocycles. The van der Waals surface area contributed by atoms with E-state index in [2.05, 4.69) is 61.4 Å². The first-order valence-electron chi connectivity index (χ1n) is 8.08. The molecule has 1 aromatic heterocycles. The Morgan fingerprint density at radius 3 is 2.48 bits per heavy atom. The predicted octanol–water partition coefficient (Wildman–Crippen LogP) is 4.11. The van der Waals surface area contributed by atoms with Crippen molar-refractivity contribution in [2.24, 2.45) is 0 Å². The van der Waals surface area contributed by atoms with E-state index in [0.29, 0.717) is 12.1 Å². The Hall–Kier alpha value is -0.740. The summed E-state index contributed by atoms with van der Waals surface area (Å²) in [7, 11) is 2.17. The van der Waals surface area contributed by atoms with Crippen LogP contribution in [-0.2, 0) is 0 Å². The lowest BCUT2D eigenvalue weighted by molar-refractivity contribution is 0.507. The molecular weight excluding hydrogens is 278 g/mol. The first kappa shape index (κ1) is 18.3. The van der Waals surface area contributed by atoms with Crippen LogP contribution in [0.25, 0.3) is 0 Å². The SMILES string of the molecule is CCCNC(CC)c1ccc(N(C)C(CC)CSC)cn1. The molecule has 1 heterocycles. The summed E-state index contributed by atoms with van der Waals surface area (Å²) >= 11 is 1.91. The fraction of sp³-hybridized carbons (Fsp3) is 0.706. The zero-order valence-electron chi connectivity index (χ0n) is 14.2. The second kappa shape index (κ2) is 10.1. The molecule has 120 valence electrons.